The number of likely N-dealkylation sites (N-methyl/N-ethyl adjacent to an activating group) is 2. The summed E-state index contributed by atoms with van der Waals surface area (Å²) in [5.74, 6) is 0.698. The van der Waals surface area contributed by atoms with Crippen molar-refractivity contribution in [1.29, 1.82) is 0 Å². The van der Waals surface area contributed by atoms with Crippen molar-refractivity contribution in [3.8, 4) is 0 Å². The molecule has 0 spiro atoms. The number of hydrogen-bond acceptors (Lipinski definition) is 2. The van der Waals surface area contributed by atoms with Crippen LogP contribution in [0.2, 0.25) is 0 Å². The van der Waals surface area contributed by atoms with Crippen molar-refractivity contribution in [2.75, 3.05) is 25.5 Å². The third-order valence-corrected chi connectivity index (χ3v) is 3.82. The number of hydrogen-bond donors (Lipinski definition) is 1. The fraction of sp³-hybridized carbons (Fsp3) is 0.625. The molecule has 0 saturated carbocycles. The standard InChI is InChI=1S/C16H28N2/c1-7-14(4)16(17-5)11-18(6)15-9-12(2)8-13(3)10-15/h8-10,14,16-17H,7,11H2,1-6H3. The second-order valence-corrected chi connectivity index (χ2v) is 5.51. The van der Waals surface area contributed by atoms with Crippen molar-refractivity contribution in [1.82, 2.24) is 5.32 Å². The van der Waals surface area contributed by atoms with Gasteiger partial charge in [-0.3, -0.25) is 0 Å². The van der Waals surface area contributed by atoms with Gasteiger partial charge in [0.2, 0.25) is 0 Å². The monoisotopic (exact) mass is 248 g/mol. The first-order chi connectivity index (χ1) is 8.47. The summed E-state index contributed by atoms with van der Waals surface area (Å²) in [7, 11) is 4.24. The Kier molecular flexibility index (Phi) is 5.67. The molecular formula is C16H28N2. The molecule has 2 unspecified atom stereocenters. The van der Waals surface area contributed by atoms with Crippen molar-refractivity contribution < 1.29 is 0 Å². The number of rotatable bonds is 6. The van der Waals surface area contributed by atoms with Gasteiger partial charge >= 0.3 is 0 Å². The molecule has 2 nitrogen and oxygen atoms in total. The lowest BCUT2D eigenvalue weighted by atomic mass is 9.98. The zero-order valence-corrected chi connectivity index (χ0v) is 12.7. The van der Waals surface area contributed by atoms with E-state index in [9.17, 15) is 0 Å². The Morgan fingerprint density at radius 1 is 1.17 bits per heavy atom. The molecule has 0 aliphatic rings. The number of nitrogens with zero attached hydrogens (tertiary/aromatic N) is 1. The van der Waals surface area contributed by atoms with E-state index in [-0.39, 0.29) is 0 Å². The van der Waals surface area contributed by atoms with E-state index in [0.717, 1.165) is 6.54 Å². The minimum Gasteiger partial charge on any atom is -0.373 e. The maximum atomic E-state index is 3.44. The number of aryl methyl sites for hydroxylation is 2. The van der Waals surface area contributed by atoms with Gasteiger partial charge in [-0.2, -0.15) is 0 Å². The molecule has 0 bridgehead atoms. The summed E-state index contributed by atoms with van der Waals surface area (Å²) in [6, 6.07) is 7.29. The Balaban J connectivity index is 2.77. The third kappa shape index (κ3) is 4.02. The average molecular weight is 248 g/mol. The molecule has 0 aliphatic heterocycles. The normalized spacial score (nSPS) is 14.3. The molecule has 1 aromatic carbocycles. The van der Waals surface area contributed by atoms with Crippen LogP contribution in [-0.2, 0) is 0 Å². The molecule has 0 heterocycles. The molecule has 0 radical (unpaired) electrons. The highest BCUT2D eigenvalue weighted by molar-refractivity contribution is 5.50. The second-order valence-electron chi connectivity index (χ2n) is 5.51. The maximum Gasteiger partial charge on any atom is 0.0369 e. The van der Waals surface area contributed by atoms with Crippen LogP contribution in [0.5, 0.6) is 0 Å². The van der Waals surface area contributed by atoms with Crippen LogP contribution < -0.4 is 10.2 Å². The Bertz CT molecular complexity index is 353. The summed E-state index contributed by atoms with van der Waals surface area (Å²) in [5, 5.41) is 3.44. The van der Waals surface area contributed by atoms with Crippen LogP contribution in [0.4, 0.5) is 5.69 Å². The van der Waals surface area contributed by atoms with Crippen LogP contribution in [0.15, 0.2) is 18.2 Å². The molecule has 0 aliphatic carbocycles. The van der Waals surface area contributed by atoms with Gasteiger partial charge in [-0.05, 0) is 50.1 Å². The first kappa shape index (κ1) is 15.0. The van der Waals surface area contributed by atoms with E-state index < -0.39 is 0 Å². The topological polar surface area (TPSA) is 15.3 Å². The van der Waals surface area contributed by atoms with E-state index in [1.165, 1.54) is 23.2 Å². The summed E-state index contributed by atoms with van der Waals surface area (Å²) in [6.07, 6.45) is 1.21. The SMILES string of the molecule is CCC(C)C(CN(C)c1cc(C)cc(C)c1)NC. The first-order valence-corrected chi connectivity index (χ1v) is 6.94. The molecule has 1 rings (SSSR count). The van der Waals surface area contributed by atoms with Gasteiger partial charge in [0.05, 0.1) is 0 Å². The quantitative estimate of drug-likeness (QED) is 0.830. The summed E-state index contributed by atoms with van der Waals surface area (Å²) < 4.78 is 0. The lowest BCUT2D eigenvalue weighted by Gasteiger charge is -2.29. The average Bonchev–Trinajstić information content (AvgIpc) is 2.33. The second kappa shape index (κ2) is 6.79. The maximum absolute atomic E-state index is 3.44. The lowest BCUT2D eigenvalue weighted by molar-refractivity contribution is 0.391. The molecule has 2 atom stereocenters. The van der Waals surface area contributed by atoms with E-state index in [2.05, 4.69) is 70.2 Å². The van der Waals surface area contributed by atoms with E-state index in [1.807, 2.05) is 0 Å². The number of nitrogens with one attached hydrogen (secondary N) is 1. The van der Waals surface area contributed by atoms with E-state index in [1.54, 1.807) is 0 Å². The van der Waals surface area contributed by atoms with Crippen LogP contribution in [0.25, 0.3) is 0 Å². The molecule has 1 N–H and O–H groups in total. The molecule has 1 aromatic rings. The molecule has 2 heteroatoms. The van der Waals surface area contributed by atoms with Gasteiger partial charge in [-0.1, -0.05) is 26.3 Å². The van der Waals surface area contributed by atoms with E-state index >= 15 is 0 Å². The third-order valence-electron chi connectivity index (χ3n) is 3.82. The van der Waals surface area contributed by atoms with Crippen LogP contribution in [-0.4, -0.2) is 26.7 Å². The lowest BCUT2D eigenvalue weighted by Crippen LogP contribution is -2.42. The van der Waals surface area contributed by atoms with Crippen molar-refractivity contribution >= 4 is 5.69 Å². The Morgan fingerprint density at radius 2 is 1.72 bits per heavy atom. The summed E-state index contributed by atoms with van der Waals surface area (Å²) in [4.78, 5) is 2.35. The summed E-state index contributed by atoms with van der Waals surface area (Å²) >= 11 is 0. The predicted molar refractivity (Wildman–Crippen MR) is 81.5 cm³/mol. The summed E-state index contributed by atoms with van der Waals surface area (Å²) in [6.45, 7) is 9.94. The number of benzene rings is 1. The zero-order valence-electron chi connectivity index (χ0n) is 12.7. The molecule has 0 saturated heterocycles. The predicted octanol–water partition coefficient (Wildman–Crippen LogP) is 3.37. The number of anilines is 1. The van der Waals surface area contributed by atoms with Crippen molar-refractivity contribution in [3.05, 3.63) is 29.3 Å². The van der Waals surface area contributed by atoms with Gasteiger partial charge in [-0.15, -0.1) is 0 Å². The molecule has 102 valence electrons. The van der Waals surface area contributed by atoms with Gasteiger partial charge in [-0.25, -0.2) is 0 Å². The first-order valence-electron chi connectivity index (χ1n) is 6.94. The van der Waals surface area contributed by atoms with Gasteiger partial charge in [0.15, 0.2) is 0 Å². The minimum atomic E-state index is 0.542. The highest BCUT2D eigenvalue weighted by Gasteiger charge is 2.16. The summed E-state index contributed by atoms with van der Waals surface area (Å²) in [5.41, 5.74) is 3.99. The van der Waals surface area contributed by atoms with E-state index in [4.69, 9.17) is 0 Å². The van der Waals surface area contributed by atoms with Crippen molar-refractivity contribution in [3.63, 3.8) is 0 Å². The largest absolute Gasteiger partial charge is 0.373 e. The van der Waals surface area contributed by atoms with Crippen LogP contribution in [0, 0.1) is 19.8 Å². The molecule has 0 amide bonds. The molecule has 0 aromatic heterocycles. The Morgan fingerprint density at radius 3 is 2.17 bits per heavy atom. The van der Waals surface area contributed by atoms with Gasteiger partial charge in [0, 0.05) is 25.3 Å². The Hall–Kier alpha value is -1.02. The molecule has 18 heavy (non-hydrogen) atoms. The van der Waals surface area contributed by atoms with Gasteiger partial charge in [0.25, 0.3) is 0 Å². The zero-order chi connectivity index (χ0) is 13.7. The Labute approximate surface area is 112 Å². The fourth-order valence-corrected chi connectivity index (χ4v) is 2.41. The van der Waals surface area contributed by atoms with Gasteiger partial charge in [0.1, 0.15) is 0 Å². The van der Waals surface area contributed by atoms with Crippen LogP contribution >= 0.6 is 0 Å². The van der Waals surface area contributed by atoms with E-state index in [0.29, 0.717) is 12.0 Å². The molecule has 0 fully saturated rings. The van der Waals surface area contributed by atoms with Gasteiger partial charge < -0.3 is 10.2 Å². The smallest absolute Gasteiger partial charge is 0.0369 e. The highest BCUT2D eigenvalue weighted by atomic mass is 15.1. The van der Waals surface area contributed by atoms with Crippen molar-refractivity contribution in [2.45, 2.75) is 40.2 Å². The van der Waals surface area contributed by atoms with Crippen LogP contribution in [0.1, 0.15) is 31.4 Å². The highest BCUT2D eigenvalue weighted by Crippen LogP contribution is 2.19. The van der Waals surface area contributed by atoms with Crippen molar-refractivity contribution in [2.24, 2.45) is 5.92 Å². The molecular weight excluding hydrogens is 220 g/mol. The van der Waals surface area contributed by atoms with Crippen LogP contribution in [0.3, 0.4) is 0 Å². The minimum absolute atomic E-state index is 0.542. The fourth-order valence-electron chi connectivity index (χ4n) is 2.41.